The van der Waals surface area contributed by atoms with Gasteiger partial charge in [-0.2, -0.15) is 0 Å². The van der Waals surface area contributed by atoms with Crippen molar-refractivity contribution < 1.29 is 19.0 Å². The second-order valence-corrected chi connectivity index (χ2v) is 8.51. The lowest BCUT2D eigenvalue weighted by molar-refractivity contribution is -0.155. The SMILES string of the molecule is C=CC[C@@H]1CC(=C)[C@@H](OC(=O)N(C(C)C)C(C)C)[C@@H]([C@H](C)OCc2ccccc2)O1. The van der Waals surface area contributed by atoms with Crippen molar-refractivity contribution in [2.45, 2.75) is 90.6 Å². The first-order valence-electron chi connectivity index (χ1n) is 10.8. The summed E-state index contributed by atoms with van der Waals surface area (Å²) in [5, 5.41) is 0. The molecule has 30 heavy (non-hydrogen) atoms. The Kier molecular flexibility index (Phi) is 9.12. The van der Waals surface area contributed by atoms with Gasteiger partial charge in [0.05, 0.1) is 18.8 Å². The number of amides is 1. The Hall–Kier alpha value is -2.11. The van der Waals surface area contributed by atoms with Crippen molar-refractivity contribution in [3.63, 3.8) is 0 Å². The van der Waals surface area contributed by atoms with Crippen LogP contribution in [0.3, 0.4) is 0 Å². The molecule has 0 saturated carbocycles. The molecule has 1 aromatic carbocycles. The molecule has 1 amide bonds. The molecule has 0 radical (unpaired) electrons. The Morgan fingerprint density at radius 2 is 1.83 bits per heavy atom. The summed E-state index contributed by atoms with van der Waals surface area (Å²) in [5.74, 6) is 0. The summed E-state index contributed by atoms with van der Waals surface area (Å²) in [6.07, 6.45) is 1.55. The Morgan fingerprint density at radius 1 is 1.20 bits per heavy atom. The maximum Gasteiger partial charge on any atom is 0.410 e. The second kappa shape index (κ2) is 11.3. The molecule has 0 unspecified atom stereocenters. The molecule has 0 N–H and O–H groups in total. The van der Waals surface area contributed by atoms with Crippen LogP contribution >= 0.6 is 0 Å². The number of nitrogens with zero attached hydrogens (tertiary/aromatic N) is 1. The summed E-state index contributed by atoms with van der Waals surface area (Å²) in [7, 11) is 0. The van der Waals surface area contributed by atoms with Gasteiger partial charge < -0.3 is 19.1 Å². The molecular formula is C25H37NO4. The molecule has 166 valence electrons. The van der Waals surface area contributed by atoms with Crippen molar-refractivity contribution in [2.75, 3.05) is 0 Å². The maximum atomic E-state index is 12.9. The van der Waals surface area contributed by atoms with Gasteiger partial charge in [0.25, 0.3) is 0 Å². The van der Waals surface area contributed by atoms with E-state index in [4.69, 9.17) is 14.2 Å². The fourth-order valence-corrected chi connectivity index (χ4v) is 3.90. The fourth-order valence-electron chi connectivity index (χ4n) is 3.90. The lowest BCUT2D eigenvalue weighted by Crippen LogP contribution is -2.52. The van der Waals surface area contributed by atoms with Gasteiger partial charge in [0.15, 0.2) is 6.10 Å². The second-order valence-electron chi connectivity index (χ2n) is 8.51. The monoisotopic (exact) mass is 415 g/mol. The molecule has 0 spiro atoms. The zero-order chi connectivity index (χ0) is 22.3. The first-order valence-corrected chi connectivity index (χ1v) is 10.8. The van der Waals surface area contributed by atoms with Crippen molar-refractivity contribution in [2.24, 2.45) is 0 Å². The minimum absolute atomic E-state index is 0.0361. The van der Waals surface area contributed by atoms with Crippen LogP contribution in [0.4, 0.5) is 4.79 Å². The summed E-state index contributed by atoms with van der Waals surface area (Å²) in [6, 6.07) is 10.1. The molecule has 5 nitrogen and oxygen atoms in total. The quantitative estimate of drug-likeness (QED) is 0.499. The van der Waals surface area contributed by atoms with Crippen LogP contribution in [-0.2, 0) is 20.8 Å². The van der Waals surface area contributed by atoms with Crippen LogP contribution in [0.25, 0.3) is 0 Å². The van der Waals surface area contributed by atoms with E-state index < -0.39 is 12.2 Å². The normalized spacial score (nSPS) is 22.8. The zero-order valence-corrected chi connectivity index (χ0v) is 19.0. The average molecular weight is 416 g/mol. The fraction of sp³-hybridized carbons (Fsp3) is 0.560. The largest absolute Gasteiger partial charge is 0.439 e. The summed E-state index contributed by atoms with van der Waals surface area (Å²) >= 11 is 0. The molecule has 0 bridgehead atoms. The average Bonchev–Trinajstić information content (AvgIpc) is 2.68. The molecule has 1 aliphatic rings. The van der Waals surface area contributed by atoms with Crippen LogP contribution < -0.4 is 0 Å². The number of carbonyl (C=O) groups excluding carboxylic acids is 1. The Balaban J connectivity index is 2.15. The van der Waals surface area contributed by atoms with Crippen molar-refractivity contribution in [1.29, 1.82) is 0 Å². The molecule has 0 aliphatic carbocycles. The van der Waals surface area contributed by atoms with Gasteiger partial charge in [-0.15, -0.1) is 6.58 Å². The van der Waals surface area contributed by atoms with E-state index in [1.54, 1.807) is 4.90 Å². The van der Waals surface area contributed by atoms with E-state index in [0.29, 0.717) is 19.4 Å². The number of rotatable bonds is 9. The highest BCUT2D eigenvalue weighted by molar-refractivity contribution is 5.69. The summed E-state index contributed by atoms with van der Waals surface area (Å²) in [6.45, 7) is 18.4. The predicted molar refractivity (Wildman–Crippen MR) is 120 cm³/mol. The van der Waals surface area contributed by atoms with Gasteiger partial charge >= 0.3 is 6.09 Å². The van der Waals surface area contributed by atoms with Crippen molar-refractivity contribution >= 4 is 6.09 Å². The minimum Gasteiger partial charge on any atom is -0.439 e. The van der Waals surface area contributed by atoms with Gasteiger partial charge in [-0.3, -0.25) is 0 Å². The van der Waals surface area contributed by atoms with Crippen molar-refractivity contribution in [1.82, 2.24) is 4.90 Å². The van der Waals surface area contributed by atoms with Crippen molar-refractivity contribution in [3.8, 4) is 0 Å². The highest BCUT2D eigenvalue weighted by Crippen LogP contribution is 2.31. The van der Waals surface area contributed by atoms with E-state index in [1.165, 1.54) is 0 Å². The van der Waals surface area contributed by atoms with E-state index in [9.17, 15) is 4.79 Å². The summed E-state index contributed by atoms with van der Waals surface area (Å²) in [5.41, 5.74) is 1.94. The van der Waals surface area contributed by atoms with E-state index in [-0.39, 0.29) is 30.4 Å². The molecule has 1 heterocycles. The Bertz CT molecular complexity index is 692. The van der Waals surface area contributed by atoms with Crippen LogP contribution in [0, 0.1) is 0 Å². The van der Waals surface area contributed by atoms with Gasteiger partial charge in [-0.25, -0.2) is 4.79 Å². The number of hydrogen-bond acceptors (Lipinski definition) is 4. The molecule has 1 fully saturated rings. The van der Waals surface area contributed by atoms with Gasteiger partial charge in [0.2, 0.25) is 0 Å². The highest BCUT2D eigenvalue weighted by Gasteiger charge is 2.41. The zero-order valence-electron chi connectivity index (χ0n) is 19.0. The number of benzene rings is 1. The van der Waals surface area contributed by atoms with Crippen LogP contribution in [-0.4, -0.2) is 47.5 Å². The number of ether oxygens (including phenoxy) is 3. The van der Waals surface area contributed by atoms with Gasteiger partial charge in [0, 0.05) is 12.1 Å². The smallest absolute Gasteiger partial charge is 0.410 e. The van der Waals surface area contributed by atoms with Gasteiger partial charge in [0.1, 0.15) is 6.10 Å². The van der Waals surface area contributed by atoms with Crippen molar-refractivity contribution in [3.05, 3.63) is 60.7 Å². The van der Waals surface area contributed by atoms with E-state index >= 15 is 0 Å². The Morgan fingerprint density at radius 3 is 2.40 bits per heavy atom. The van der Waals surface area contributed by atoms with E-state index in [1.807, 2.05) is 71.0 Å². The maximum absolute atomic E-state index is 12.9. The third-order valence-corrected chi connectivity index (χ3v) is 5.34. The van der Waals surface area contributed by atoms with Crippen LogP contribution in [0.5, 0.6) is 0 Å². The van der Waals surface area contributed by atoms with Crippen LogP contribution in [0.1, 0.15) is 53.0 Å². The van der Waals surface area contributed by atoms with Gasteiger partial charge in [-0.1, -0.05) is 43.0 Å². The molecular weight excluding hydrogens is 378 g/mol. The Labute approximate surface area is 181 Å². The van der Waals surface area contributed by atoms with Crippen LogP contribution in [0.15, 0.2) is 55.1 Å². The van der Waals surface area contributed by atoms with E-state index in [0.717, 1.165) is 11.1 Å². The minimum atomic E-state index is -0.552. The third-order valence-electron chi connectivity index (χ3n) is 5.34. The molecule has 1 aromatic rings. The number of carbonyl (C=O) groups is 1. The lowest BCUT2D eigenvalue weighted by atomic mass is 9.92. The standard InChI is InChI=1S/C25H37NO4/c1-8-12-22-15-19(6)23(30-25(27)26(17(2)3)18(4)5)24(29-22)20(7)28-16-21-13-10-9-11-14-21/h8-11,13-14,17-18,20,22-24H,1,6,12,15-16H2,2-5,7H3/t20-,22+,23+,24+/m0/s1. The molecule has 0 aromatic heterocycles. The third kappa shape index (κ3) is 6.44. The highest BCUT2D eigenvalue weighted by atomic mass is 16.6. The predicted octanol–water partition coefficient (Wildman–Crippen LogP) is 5.51. The van der Waals surface area contributed by atoms with Gasteiger partial charge in [-0.05, 0) is 58.6 Å². The summed E-state index contributed by atoms with van der Waals surface area (Å²) in [4.78, 5) is 14.7. The first-order chi connectivity index (χ1) is 14.2. The molecule has 4 atom stereocenters. The molecule has 1 aliphatic heterocycles. The topological polar surface area (TPSA) is 48.0 Å². The summed E-state index contributed by atoms with van der Waals surface area (Å²) < 4.78 is 18.4. The first kappa shape index (κ1) is 24.2. The van der Waals surface area contributed by atoms with E-state index in [2.05, 4.69) is 13.2 Å². The van der Waals surface area contributed by atoms with Crippen LogP contribution in [0.2, 0.25) is 0 Å². The molecule has 5 heteroatoms. The molecule has 2 rings (SSSR count). The lowest BCUT2D eigenvalue weighted by Gasteiger charge is -2.41. The molecule has 1 saturated heterocycles. The number of hydrogen-bond donors (Lipinski definition) is 0.